The van der Waals surface area contributed by atoms with Gasteiger partial charge in [-0.2, -0.15) is 0 Å². The minimum Gasteiger partial charge on any atom is -0.460 e. The Hall–Kier alpha value is -1.10. The Morgan fingerprint density at radius 3 is 1.95 bits per heavy atom. The molecule has 0 aliphatic rings. The van der Waals surface area contributed by atoms with Gasteiger partial charge in [-0.05, 0) is 25.7 Å². The molecule has 0 fully saturated rings. The third-order valence-corrected chi connectivity index (χ3v) is 3.08. The summed E-state index contributed by atoms with van der Waals surface area (Å²) in [6, 6.07) is 0. The van der Waals surface area contributed by atoms with Crippen LogP contribution in [0.4, 0.5) is 0 Å². The van der Waals surface area contributed by atoms with Crippen LogP contribution in [-0.4, -0.2) is 31.2 Å². The maximum atomic E-state index is 11.6. The van der Waals surface area contributed by atoms with E-state index in [1.807, 2.05) is 0 Å². The first-order chi connectivity index (χ1) is 9.63. The number of hydrogen-bond donors (Lipinski definition) is 1. The van der Waals surface area contributed by atoms with E-state index in [0.29, 0.717) is 0 Å². The second-order valence-electron chi connectivity index (χ2n) is 4.97. The quantitative estimate of drug-likeness (QED) is 0.441. The monoisotopic (exact) mass is 287 g/mol. The van der Waals surface area contributed by atoms with Gasteiger partial charge in [0.05, 0.1) is 6.54 Å². The molecule has 0 spiro atoms. The molecule has 118 valence electrons. The van der Waals surface area contributed by atoms with Crippen LogP contribution < -0.4 is 5.73 Å². The maximum Gasteiger partial charge on any atom is 0.344 e. The Morgan fingerprint density at radius 1 is 0.950 bits per heavy atom. The molecule has 0 unspecified atom stereocenters. The number of nitrogens with two attached hydrogens (primary N) is 1. The van der Waals surface area contributed by atoms with Crippen molar-refractivity contribution in [2.45, 2.75) is 71.3 Å². The second kappa shape index (κ2) is 12.9. The zero-order chi connectivity index (χ0) is 15.2. The molecule has 0 atom stereocenters. The molecule has 0 bridgehead atoms. The van der Waals surface area contributed by atoms with Gasteiger partial charge >= 0.3 is 11.9 Å². The van der Waals surface area contributed by atoms with E-state index in [0.717, 1.165) is 51.4 Å². The summed E-state index contributed by atoms with van der Waals surface area (Å²) in [4.78, 5) is 22.5. The molecule has 0 aliphatic carbocycles. The summed E-state index contributed by atoms with van der Waals surface area (Å²) in [7, 11) is 0. The molecule has 20 heavy (non-hydrogen) atoms. The minimum absolute atomic E-state index is 0.0582. The van der Waals surface area contributed by atoms with Gasteiger partial charge in [0.15, 0.2) is 6.61 Å². The van der Waals surface area contributed by atoms with E-state index in [9.17, 15) is 9.59 Å². The number of esters is 2. The van der Waals surface area contributed by atoms with E-state index in [2.05, 4.69) is 18.6 Å². The number of unbranched alkanes of at least 4 members (excludes halogenated alkanes) is 4. The molecular weight excluding hydrogens is 258 g/mol. The van der Waals surface area contributed by atoms with E-state index in [-0.39, 0.29) is 19.3 Å². The predicted octanol–water partition coefficient (Wildman–Crippen LogP) is 2.56. The van der Waals surface area contributed by atoms with Crippen molar-refractivity contribution in [1.29, 1.82) is 0 Å². The minimum atomic E-state index is -0.588. The summed E-state index contributed by atoms with van der Waals surface area (Å²) in [5.41, 5.74) is 5.09. The second-order valence-corrected chi connectivity index (χ2v) is 4.97. The summed E-state index contributed by atoms with van der Waals surface area (Å²) in [5.74, 6) is -1.07. The predicted molar refractivity (Wildman–Crippen MR) is 78.2 cm³/mol. The highest BCUT2D eigenvalue weighted by Crippen LogP contribution is 2.14. The van der Waals surface area contributed by atoms with Crippen molar-refractivity contribution >= 4 is 11.9 Å². The van der Waals surface area contributed by atoms with Crippen molar-refractivity contribution in [3.63, 3.8) is 0 Å². The van der Waals surface area contributed by atoms with Crippen LogP contribution in [0.15, 0.2) is 0 Å². The standard InChI is InChI=1S/C15H29NO4/c1-3-5-7-9-13(10-8-6-4-2)20-15(18)12-19-14(17)11-16/h13H,3-12,16H2,1-2H3. The highest BCUT2D eigenvalue weighted by molar-refractivity contribution is 5.77. The van der Waals surface area contributed by atoms with Crippen LogP contribution in [0, 0.1) is 0 Å². The summed E-state index contributed by atoms with van der Waals surface area (Å²) in [5, 5.41) is 0. The van der Waals surface area contributed by atoms with Gasteiger partial charge in [-0.1, -0.05) is 39.5 Å². The average Bonchev–Trinajstić information content (AvgIpc) is 2.45. The van der Waals surface area contributed by atoms with Crippen LogP contribution in [0.1, 0.15) is 65.2 Å². The fraction of sp³-hybridized carbons (Fsp3) is 0.867. The number of rotatable bonds is 12. The van der Waals surface area contributed by atoms with Crippen LogP contribution in [0.5, 0.6) is 0 Å². The molecule has 0 saturated heterocycles. The lowest BCUT2D eigenvalue weighted by Gasteiger charge is -2.17. The van der Waals surface area contributed by atoms with Crippen LogP contribution in [0.3, 0.4) is 0 Å². The molecular formula is C15H29NO4. The molecule has 0 amide bonds. The molecule has 0 aliphatic heterocycles. The van der Waals surface area contributed by atoms with Gasteiger partial charge in [0, 0.05) is 0 Å². The maximum absolute atomic E-state index is 11.6. The lowest BCUT2D eigenvalue weighted by molar-refractivity contribution is -0.162. The number of carbonyl (C=O) groups excluding carboxylic acids is 2. The molecule has 0 heterocycles. The van der Waals surface area contributed by atoms with Crippen molar-refractivity contribution in [2.75, 3.05) is 13.2 Å². The van der Waals surface area contributed by atoms with Crippen molar-refractivity contribution in [1.82, 2.24) is 0 Å². The lowest BCUT2D eigenvalue weighted by Crippen LogP contribution is -2.25. The molecule has 0 rings (SSSR count). The van der Waals surface area contributed by atoms with Crippen molar-refractivity contribution < 1.29 is 19.1 Å². The third kappa shape index (κ3) is 10.8. The van der Waals surface area contributed by atoms with E-state index in [4.69, 9.17) is 10.5 Å². The summed E-state index contributed by atoms with van der Waals surface area (Å²) >= 11 is 0. The fourth-order valence-electron chi connectivity index (χ4n) is 1.92. The Morgan fingerprint density at radius 2 is 1.50 bits per heavy atom. The zero-order valence-corrected chi connectivity index (χ0v) is 12.9. The molecule has 0 aromatic rings. The molecule has 5 heteroatoms. The molecule has 5 nitrogen and oxygen atoms in total. The first kappa shape index (κ1) is 18.9. The summed E-state index contributed by atoms with van der Waals surface area (Å²) in [6.07, 6.45) is 8.40. The average molecular weight is 287 g/mol. The van der Waals surface area contributed by atoms with Gasteiger partial charge in [-0.3, -0.25) is 4.79 Å². The Kier molecular flexibility index (Phi) is 12.2. The number of hydrogen-bond acceptors (Lipinski definition) is 5. The SMILES string of the molecule is CCCCCC(CCCCC)OC(=O)COC(=O)CN. The Bertz CT molecular complexity index is 259. The van der Waals surface area contributed by atoms with Crippen LogP contribution >= 0.6 is 0 Å². The van der Waals surface area contributed by atoms with Crippen LogP contribution in [0.2, 0.25) is 0 Å². The van der Waals surface area contributed by atoms with E-state index in [1.165, 1.54) is 0 Å². The highest BCUT2D eigenvalue weighted by Gasteiger charge is 2.15. The van der Waals surface area contributed by atoms with Crippen LogP contribution in [-0.2, 0) is 19.1 Å². The van der Waals surface area contributed by atoms with E-state index in [1.54, 1.807) is 0 Å². The van der Waals surface area contributed by atoms with Crippen molar-refractivity contribution in [3.05, 3.63) is 0 Å². The van der Waals surface area contributed by atoms with Gasteiger partial charge in [-0.15, -0.1) is 0 Å². The van der Waals surface area contributed by atoms with Crippen LogP contribution in [0.25, 0.3) is 0 Å². The molecule has 0 aromatic carbocycles. The van der Waals surface area contributed by atoms with Crippen molar-refractivity contribution in [3.8, 4) is 0 Å². The smallest absolute Gasteiger partial charge is 0.344 e. The van der Waals surface area contributed by atoms with E-state index >= 15 is 0 Å². The Balaban J connectivity index is 4.03. The fourth-order valence-corrected chi connectivity index (χ4v) is 1.92. The number of ether oxygens (including phenoxy) is 2. The van der Waals surface area contributed by atoms with Gasteiger partial charge < -0.3 is 15.2 Å². The van der Waals surface area contributed by atoms with Gasteiger partial charge in [0.25, 0.3) is 0 Å². The van der Waals surface area contributed by atoms with Crippen molar-refractivity contribution in [2.24, 2.45) is 5.73 Å². The molecule has 0 radical (unpaired) electrons. The first-order valence-electron chi connectivity index (χ1n) is 7.69. The normalized spacial score (nSPS) is 10.6. The highest BCUT2D eigenvalue weighted by atomic mass is 16.6. The zero-order valence-electron chi connectivity index (χ0n) is 12.9. The third-order valence-electron chi connectivity index (χ3n) is 3.08. The van der Waals surface area contributed by atoms with Gasteiger partial charge in [-0.25, -0.2) is 4.79 Å². The first-order valence-corrected chi connectivity index (χ1v) is 7.69. The molecule has 2 N–H and O–H groups in total. The lowest BCUT2D eigenvalue weighted by atomic mass is 10.0. The summed E-state index contributed by atoms with van der Waals surface area (Å²) in [6.45, 7) is 3.73. The Labute approximate surface area is 122 Å². The van der Waals surface area contributed by atoms with Gasteiger partial charge in [0.2, 0.25) is 0 Å². The topological polar surface area (TPSA) is 78.6 Å². The largest absolute Gasteiger partial charge is 0.460 e. The van der Waals surface area contributed by atoms with Gasteiger partial charge in [0.1, 0.15) is 6.10 Å². The summed E-state index contributed by atoms with van der Waals surface area (Å²) < 4.78 is 10.0. The number of carbonyl (C=O) groups is 2. The molecule has 0 saturated carbocycles. The molecule has 0 aromatic heterocycles. The van der Waals surface area contributed by atoms with E-state index < -0.39 is 11.9 Å².